The maximum absolute atomic E-state index is 5.96. The highest BCUT2D eigenvalue weighted by atomic mass is 35.5. The second kappa shape index (κ2) is 5.27. The SMILES string of the molecule is Clc1ccc(C2=C[C@@H](c3ccccc3)n3nnnc3N2)cc1. The molecule has 2 aromatic carbocycles. The fourth-order valence-electron chi connectivity index (χ4n) is 2.54. The first-order chi connectivity index (χ1) is 10.8. The lowest BCUT2D eigenvalue weighted by atomic mass is 10.0. The van der Waals surface area contributed by atoms with E-state index in [4.69, 9.17) is 11.6 Å². The minimum atomic E-state index is -0.0434. The molecule has 0 amide bonds. The summed E-state index contributed by atoms with van der Waals surface area (Å²) in [6.45, 7) is 0. The summed E-state index contributed by atoms with van der Waals surface area (Å²) in [5.74, 6) is 0.626. The van der Waals surface area contributed by atoms with Crippen LogP contribution in [0, 0.1) is 0 Å². The molecule has 0 bridgehead atoms. The Morgan fingerprint density at radius 3 is 2.55 bits per heavy atom. The van der Waals surface area contributed by atoms with Gasteiger partial charge in [-0.3, -0.25) is 0 Å². The zero-order valence-corrected chi connectivity index (χ0v) is 12.3. The molecule has 1 aliphatic rings. The maximum atomic E-state index is 5.96. The normalized spacial score (nSPS) is 16.6. The topological polar surface area (TPSA) is 55.6 Å². The van der Waals surface area contributed by atoms with Crippen LogP contribution in [-0.2, 0) is 0 Å². The molecule has 0 spiro atoms. The molecule has 0 saturated heterocycles. The quantitative estimate of drug-likeness (QED) is 0.788. The molecule has 108 valence electrons. The van der Waals surface area contributed by atoms with Gasteiger partial charge in [-0.2, -0.15) is 4.68 Å². The zero-order chi connectivity index (χ0) is 14.9. The average molecular weight is 310 g/mol. The van der Waals surface area contributed by atoms with E-state index < -0.39 is 0 Å². The Labute approximate surface area is 132 Å². The van der Waals surface area contributed by atoms with Crippen molar-refractivity contribution >= 4 is 23.2 Å². The van der Waals surface area contributed by atoms with E-state index in [-0.39, 0.29) is 6.04 Å². The number of nitrogens with one attached hydrogen (secondary N) is 1. The van der Waals surface area contributed by atoms with E-state index >= 15 is 0 Å². The van der Waals surface area contributed by atoms with E-state index in [9.17, 15) is 0 Å². The van der Waals surface area contributed by atoms with Crippen LogP contribution >= 0.6 is 11.6 Å². The second-order valence-corrected chi connectivity index (χ2v) is 5.45. The van der Waals surface area contributed by atoms with Crippen molar-refractivity contribution < 1.29 is 0 Å². The van der Waals surface area contributed by atoms with Gasteiger partial charge >= 0.3 is 0 Å². The molecule has 6 heteroatoms. The fourth-order valence-corrected chi connectivity index (χ4v) is 2.67. The van der Waals surface area contributed by atoms with Crippen molar-refractivity contribution in [3.05, 3.63) is 76.8 Å². The largest absolute Gasteiger partial charge is 0.323 e. The van der Waals surface area contributed by atoms with Crippen LogP contribution < -0.4 is 5.32 Å². The highest BCUT2D eigenvalue weighted by molar-refractivity contribution is 6.30. The van der Waals surface area contributed by atoms with Crippen LogP contribution in [0.25, 0.3) is 5.70 Å². The Balaban J connectivity index is 1.81. The Kier molecular flexibility index (Phi) is 3.12. The van der Waals surface area contributed by atoms with E-state index in [2.05, 4.69) is 39.1 Å². The van der Waals surface area contributed by atoms with Crippen LogP contribution in [0.3, 0.4) is 0 Å². The van der Waals surface area contributed by atoms with E-state index in [1.165, 1.54) is 0 Å². The van der Waals surface area contributed by atoms with Gasteiger partial charge in [-0.1, -0.05) is 59.2 Å². The fraction of sp³-hybridized carbons (Fsp3) is 0.0625. The number of fused-ring (bicyclic) bond motifs is 1. The average Bonchev–Trinajstić information content (AvgIpc) is 3.04. The van der Waals surface area contributed by atoms with Gasteiger partial charge in [-0.05, 0) is 39.8 Å². The Bertz CT molecular complexity index is 823. The number of nitrogens with zero attached hydrogens (tertiary/aromatic N) is 4. The van der Waals surface area contributed by atoms with Gasteiger partial charge < -0.3 is 5.32 Å². The molecule has 1 atom stereocenters. The molecular formula is C16H12ClN5. The molecule has 1 aliphatic heterocycles. The standard InChI is InChI=1S/C16H12ClN5/c17-13-8-6-11(7-9-13)14-10-15(12-4-2-1-3-5-12)22-16(18-14)19-20-21-22/h1-10,15H,(H,18,19,21)/t15-/m0/s1. The highest BCUT2D eigenvalue weighted by Crippen LogP contribution is 2.31. The van der Waals surface area contributed by atoms with Gasteiger partial charge in [0, 0.05) is 10.7 Å². The molecule has 1 N–H and O–H groups in total. The number of halogens is 1. The predicted molar refractivity (Wildman–Crippen MR) is 85.4 cm³/mol. The molecule has 0 radical (unpaired) electrons. The second-order valence-electron chi connectivity index (χ2n) is 5.01. The minimum absolute atomic E-state index is 0.0434. The molecule has 2 heterocycles. The third kappa shape index (κ3) is 2.25. The molecule has 1 aromatic heterocycles. The first-order valence-corrected chi connectivity index (χ1v) is 7.27. The van der Waals surface area contributed by atoms with Gasteiger partial charge in [0.25, 0.3) is 0 Å². The van der Waals surface area contributed by atoms with E-state index in [1.54, 1.807) is 4.68 Å². The lowest BCUT2D eigenvalue weighted by Gasteiger charge is -2.23. The van der Waals surface area contributed by atoms with Gasteiger partial charge in [0.15, 0.2) is 0 Å². The smallest absolute Gasteiger partial charge is 0.248 e. The van der Waals surface area contributed by atoms with Gasteiger partial charge in [-0.15, -0.1) is 0 Å². The van der Waals surface area contributed by atoms with E-state index in [0.29, 0.717) is 11.0 Å². The first kappa shape index (κ1) is 13.0. The van der Waals surface area contributed by atoms with Crippen LogP contribution in [0.2, 0.25) is 5.02 Å². The van der Waals surface area contributed by atoms with E-state index in [1.807, 2.05) is 42.5 Å². The molecule has 0 saturated carbocycles. The van der Waals surface area contributed by atoms with Crippen LogP contribution in [0.1, 0.15) is 17.2 Å². The number of hydrogen-bond donors (Lipinski definition) is 1. The zero-order valence-electron chi connectivity index (χ0n) is 11.5. The number of tetrazole rings is 1. The summed E-state index contributed by atoms with van der Waals surface area (Å²) in [6.07, 6.45) is 2.11. The number of aromatic nitrogens is 4. The maximum Gasteiger partial charge on any atom is 0.248 e. The molecule has 4 rings (SSSR count). The predicted octanol–water partition coefficient (Wildman–Crippen LogP) is 3.38. The van der Waals surface area contributed by atoms with Crippen molar-refractivity contribution in [3.8, 4) is 0 Å². The summed E-state index contributed by atoms with van der Waals surface area (Å²) in [5, 5.41) is 15.9. The lowest BCUT2D eigenvalue weighted by Crippen LogP contribution is -2.20. The Morgan fingerprint density at radius 1 is 1.00 bits per heavy atom. The van der Waals surface area contributed by atoms with Crippen LogP contribution in [0.4, 0.5) is 5.95 Å². The van der Waals surface area contributed by atoms with Crippen molar-refractivity contribution in [3.63, 3.8) is 0 Å². The number of anilines is 1. The van der Waals surface area contributed by atoms with Crippen molar-refractivity contribution in [1.82, 2.24) is 20.2 Å². The summed E-state index contributed by atoms with van der Waals surface area (Å²) < 4.78 is 1.77. The van der Waals surface area contributed by atoms with Crippen molar-refractivity contribution in [2.75, 3.05) is 5.32 Å². The van der Waals surface area contributed by atoms with Crippen molar-refractivity contribution in [1.29, 1.82) is 0 Å². The van der Waals surface area contributed by atoms with E-state index in [0.717, 1.165) is 16.8 Å². The Hall–Kier alpha value is -2.66. The number of rotatable bonds is 2. The number of allylic oxidation sites excluding steroid dienone is 1. The molecule has 0 fully saturated rings. The van der Waals surface area contributed by atoms with Crippen LogP contribution in [-0.4, -0.2) is 20.2 Å². The third-order valence-electron chi connectivity index (χ3n) is 3.62. The Morgan fingerprint density at radius 2 is 1.77 bits per heavy atom. The molecule has 22 heavy (non-hydrogen) atoms. The first-order valence-electron chi connectivity index (χ1n) is 6.89. The summed E-state index contributed by atoms with van der Waals surface area (Å²) in [5.41, 5.74) is 3.14. The molecule has 5 nitrogen and oxygen atoms in total. The molecule has 0 unspecified atom stereocenters. The lowest BCUT2D eigenvalue weighted by molar-refractivity contribution is 0.586. The third-order valence-corrected chi connectivity index (χ3v) is 3.88. The van der Waals surface area contributed by atoms with Crippen molar-refractivity contribution in [2.45, 2.75) is 6.04 Å². The summed E-state index contributed by atoms with van der Waals surface area (Å²) in [6, 6.07) is 17.8. The summed E-state index contributed by atoms with van der Waals surface area (Å²) in [4.78, 5) is 0. The summed E-state index contributed by atoms with van der Waals surface area (Å²) >= 11 is 5.96. The highest BCUT2D eigenvalue weighted by Gasteiger charge is 2.23. The minimum Gasteiger partial charge on any atom is -0.323 e. The summed E-state index contributed by atoms with van der Waals surface area (Å²) in [7, 11) is 0. The molecular weight excluding hydrogens is 298 g/mol. The van der Waals surface area contributed by atoms with Crippen molar-refractivity contribution in [2.24, 2.45) is 0 Å². The monoisotopic (exact) mass is 309 g/mol. The molecule has 3 aromatic rings. The van der Waals surface area contributed by atoms with Crippen LogP contribution in [0.15, 0.2) is 60.7 Å². The van der Waals surface area contributed by atoms with Crippen LogP contribution in [0.5, 0.6) is 0 Å². The van der Waals surface area contributed by atoms with Gasteiger partial charge in [-0.25, -0.2) is 0 Å². The number of hydrogen-bond acceptors (Lipinski definition) is 4. The van der Waals surface area contributed by atoms with Gasteiger partial charge in [0.2, 0.25) is 5.95 Å². The van der Waals surface area contributed by atoms with Gasteiger partial charge in [0.05, 0.1) is 0 Å². The number of benzene rings is 2. The van der Waals surface area contributed by atoms with Gasteiger partial charge in [0.1, 0.15) is 6.04 Å². The molecule has 0 aliphatic carbocycles.